The second-order valence-electron chi connectivity index (χ2n) is 7.94. The molecule has 0 amide bonds. The zero-order valence-corrected chi connectivity index (χ0v) is 18.7. The predicted molar refractivity (Wildman–Crippen MR) is 122 cm³/mol. The van der Waals surface area contributed by atoms with E-state index in [9.17, 15) is 5.11 Å². The third kappa shape index (κ3) is 7.16. The van der Waals surface area contributed by atoms with Gasteiger partial charge in [-0.2, -0.15) is 0 Å². The summed E-state index contributed by atoms with van der Waals surface area (Å²) in [5, 5.41) is 10.7. The topological polar surface area (TPSA) is 55.1 Å². The van der Waals surface area contributed by atoms with Crippen LogP contribution in [-0.4, -0.2) is 35.9 Å². The van der Waals surface area contributed by atoms with Crippen molar-refractivity contribution in [1.82, 2.24) is 4.90 Å². The van der Waals surface area contributed by atoms with E-state index in [0.29, 0.717) is 26.2 Å². The highest BCUT2D eigenvalue weighted by Crippen LogP contribution is 2.22. The van der Waals surface area contributed by atoms with Crippen LogP contribution in [-0.2, 0) is 13.1 Å². The molecule has 5 heteroatoms. The Balaban J connectivity index is 1.66. The Morgan fingerprint density at radius 3 is 2.55 bits per heavy atom. The lowest BCUT2D eigenvalue weighted by atomic mass is 10.1. The lowest BCUT2D eigenvalue weighted by molar-refractivity contribution is 0.0599. The van der Waals surface area contributed by atoms with Gasteiger partial charge in [0.15, 0.2) is 0 Å². The van der Waals surface area contributed by atoms with Crippen LogP contribution in [0.1, 0.15) is 35.8 Å². The van der Waals surface area contributed by atoms with Crippen LogP contribution in [0.2, 0.25) is 0 Å². The molecule has 0 saturated heterocycles. The third-order valence-electron chi connectivity index (χ3n) is 5.02. The molecule has 5 nitrogen and oxygen atoms in total. The largest absolute Gasteiger partial charge is 0.493 e. The Bertz CT molecular complexity index is 923. The summed E-state index contributed by atoms with van der Waals surface area (Å²) in [4.78, 5) is 2.16. The molecule has 1 N–H and O–H groups in total. The van der Waals surface area contributed by atoms with Crippen molar-refractivity contribution in [2.75, 3.05) is 19.8 Å². The molecule has 3 aromatic rings. The van der Waals surface area contributed by atoms with Crippen molar-refractivity contribution in [1.29, 1.82) is 0 Å². The molecule has 1 unspecified atom stereocenters. The van der Waals surface area contributed by atoms with Gasteiger partial charge >= 0.3 is 0 Å². The fraction of sp³-hybridized carbons (Fsp3) is 0.385. The smallest absolute Gasteiger partial charge is 0.123 e. The first-order valence-corrected chi connectivity index (χ1v) is 10.9. The van der Waals surface area contributed by atoms with Crippen LogP contribution >= 0.6 is 0 Å². The maximum Gasteiger partial charge on any atom is 0.123 e. The number of aryl methyl sites for hydroxylation is 2. The van der Waals surface area contributed by atoms with Gasteiger partial charge < -0.3 is 19.0 Å². The number of hydrogen-bond donors (Lipinski definition) is 1. The van der Waals surface area contributed by atoms with Gasteiger partial charge in [-0.1, -0.05) is 42.8 Å². The van der Waals surface area contributed by atoms with Gasteiger partial charge in [0.1, 0.15) is 30.0 Å². The average Bonchev–Trinajstić information content (AvgIpc) is 3.25. The number of nitrogens with zero attached hydrogens (tertiary/aromatic N) is 1. The molecule has 0 aliphatic carbocycles. The van der Waals surface area contributed by atoms with Gasteiger partial charge in [-0.05, 0) is 50.1 Å². The minimum Gasteiger partial charge on any atom is -0.493 e. The number of aliphatic hydroxyl groups excluding tert-OH is 1. The van der Waals surface area contributed by atoms with Crippen LogP contribution < -0.4 is 9.47 Å². The molecule has 0 aliphatic heterocycles. The van der Waals surface area contributed by atoms with Crippen molar-refractivity contribution in [3.8, 4) is 11.5 Å². The molecule has 0 fully saturated rings. The van der Waals surface area contributed by atoms with Crippen molar-refractivity contribution in [3.63, 3.8) is 0 Å². The standard InChI is InChI=1S/C26H33NO4/c1-4-13-30-26-10-6-5-8-22(26)16-27(18-24-9-7-14-29-24)17-23(28)19-31-25-12-11-20(2)15-21(25)3/h5-12,14-15,23,28H,4,13,16-19H2,1-3H3. The average molecular weight is 424 g/mol. The van der Waals surface area contributed by atoms with E-state index in [4.69, 9.17) is 13.9 Å². The highest BCUT2D eigenvalue weighted by Gasteiger charge is 2.17. The fourth-order valence-electron chi connectivity index (χ4n) is 3.53. The molecule has 1 heterocycles. The van der Waals surface area contributed by atoms with Gasteiger partial charge in [0, 0.05) is 18.7 Å². The minimum atomic E-state index is -0.639. The van der Waals surface area contributed by atoms with E-state index in [-0.39, 0.29) is 6.61 Å². The van der Waals surface area contributed by atoms with Crippen LogP contribution in [0.4, 0.5) is 0 Å². The summed E-state index contributed by atoms with van der Waals surface area (Å²) in [6.07, 6.45) is 1.99. The highest BCUT2D eigenvalue weighted by molar-refractivity contribution is 5.35. The van der Waals surface area contributed by atoms with E-state index in [1.54, 1.807) is 6.26 Å². The molecule has 31 heavy (non-hydrogen) atoms. The maximum atomic E-state index is 10.7. The number of furan rings is 1. The number of hydrogen-bond acceptors (Lipinski definition) is 5. The second-order valence-corrected chi connectivity index (χ2v) is 7.94. The normalized spacial score (nSPS) is 12.2. The first-order valence-electron chi connectivity index (χ1n) is 10.9. The van der Waals surface area contributed by atoms with Gasteiger partial charge in [0.25, 0.3) is 0 Å². The van der Waals surface area contributed by atoms with Gasteiger partial charge in [0.2, 0.25) is 0 Å². The third-order valence-corrected chi connectivity index (χ3v) is 5.02. The van der Waals surface area contributed by atoms with Crippen molar-refractivity contribution >= 4 is 0 Å². The Morgan fingerprint density at radius 1 is 0.968 bits per heavy atom. The molecule has 0 bridgehead atoms. The van der Waals surface area contributed by atoms with Crippen molar-refractivity contribution in [2.24, 2.45) is 0 Å². The van der Waals surface area contributed by atoms with Crippen LogP contribution in [0.5, 0.6) is 11.5 Å². The Kier molecular flexibility index (Phi) is 8.56. The molecular weight excluding hydrogens is 390 g/mol. The van der Waals surface area contributed by atoms with E-state index >= 15 is 0 Å². The lowest BCUT2D eigenvalue weighted by Gasteiger charge is -2.25. The molecule has 0 radical (unpaired) electrons. The van der Waals surface area contributed by atoms with Crippen molar-refractivity contribution in [3.05, 3.63) is 83.3 Å². The number of benzene rings is 2. The number of para-hydroxylation sites is 1. The summed E-state index contributed by atoms with van der Waals surface area (Å²) in [5.41, 5.74) is 3.35. The summed E-state index contributed by atoms with van der Waals surface area (Å²) < 4.78 is 17.4. The van der Waals surface area contributed by atoms with Gasteiger partial charge in [0.05, 0.1) is 19.4 Å². The SMILES string of the molecule is CCCOc1ccccc1CN(Cc1ccco1)CC(O)COc1ccc(C)cc1C. The first-order chi connectivity index (χ1) is 15.0. The van der Waals surface area contributed by atoms with Crippen LogP contribution in [0, 0.1) is 13.8 Å². The van der Waals surface area contributed by atoms with Crippen molar-refractivity contribution in [2.45, 2.75) is 46.4 Å². The molecular formula is C26H33NO4. The summed E-state index contributed by atoms with van der Waals surface area (Å²) in [6.45, 7) is 8.77. The predicted octanol–water partition coefficient (Wildman–Crippen LogP) is 5.13. The first kappa shape index (κ1) is 22.9. The Labute approximate surface area is 185 Å². The van der Waals surface area contributed by atoms with Gasteiger partial charge in [-0.25, -0.2) is 0 Å². The van der Waals surface area contributed by atoms with E-state index in [2.05, 4.69) is 30.9 Å². The molecule has 166 valence electrons. The fourth-order valence-corrected chi connectivity index (χ4v) is 3.53. The number of aliphatic hydroxyl groups is 1. The highest BCUT2D eigenvalue weighted by atomic mass is 16.5. The van der Waals surface area contributed by atoms with Gasteiger partial charge in [-0.15, -0.1) is 0 Å². The molecule has 1 aromatic heterocycles. The quantitative estimate of drug-likeness (QED) is 0.438. The van der Waals surface area contributed by atoms with Crippen molar-refractivity contribution < 1.29 is 19.0 Å². The monoisotopic (exact) mass is 423 g/mol. The Hall–Kier alpha value is -2.76. The van der Waals surface area contributed by atoms with Gasteiger partial charge in [-0.3, -0.25) is 4.90 Å². The second kappa shape index (κ2) is 11.6. The van der Waals surface area contributed by atoms with E-state index in [1.807, 2.05) is 49.4 Å². The van der Waals surface area contributed by atoms with E-state index < -0.39 is 6.10 Å². The summed E-state index contributed by atoms with van der Waals surface area (Å²) in [6, 6.07) is 17.9. The maximum absolute atomic E-state index is 10.7. The zero-order valence-electron chi connectivity index (χ0n) is 18.7. The van der Waals surface area contributed by atoms with Crippen LogP contribution in [0.15, 0.2) is 65.3 Å². The Morgan fingerprint density at radius 2 is 1.81 bits per heavy atom. The molecule has 1 atom stereocenters. The summed E-state index contributed by atoms with van der Waals surface area (Å²) in [7, 11) is 0. The lowest BCUT2D eigenvalue weighted by Crippen LogP contribution is -2.35. The molecule has 2 aromatic carbocycles. The molecule has 0 aliphatic rings. The minimum absolute atomic E-state index is 0.229. The molecule has 0 saturated carbocycles. The number of ether oxygens (including phenoxy) is 2. The van der Waals surface area contributed by atoms with E-state index in [0.717, 1.165) is 34.8 Å². The van der Waals surface area contributed by atoms with E-state index in [1.165, 1.54) is 5.56 Å². The molecule has 3 rings (SSSR count). The number of rotatable bonds is 12. The summed E-state index contributed by atoms with van der Waals surface area (Å²) >= 11 is 0. The molecule has 0 spiro atoms. The summed E-state index contributed by atoms with van der Waals surface area (Å²) in [5.74, 6) is 2.55. The zero-order chi connectivity index (χ0) is 22.1. The van der Waals surface area contributed by atoms with Crippen LogP contribution in [0.3, 0.4) is 0 Å². The van der Waals surface area contributed by atoms with Crippen LogP contribution in [0.25, 0.3) is 0 Å².